The number of carbonyl (C=O) groups excluding carboxylic acids is 1. The van der Waals surface area contributed by atoms with Gasteiger partial charge in [-0.3, -0.25) is 9.59 Å². The second kappa shape index (κ2) is 5.30. The van der Waals surface area contributed by atoms with Crippen LogP contribution in [0.3, 0.4) is 0 Å². The van der Waals surface area contributed by atoms with E-state index in [2.05, 4.69) is 0 Å². The number of carboxylic acids is 1. The molecule has 0 radical (unpaired) electrons. The number of aromatic hydroxyl groups is 1. The average Bonchev–Trinajstić information content (AvgIpc) is 2.87. The number of phenolic OH excluding ortho intramolecular Hbond substituents is 1. The summed E-state index contributed by atoms with van der Waals surface area (Å²) in [4.78, 5) is 24.7. The van der Waals surface area contributed by atoms with Crippen LogP contribution in [0.1, 0.15) is 19.3 Å². The number of carboxylic acid groups (broad SMARTS) is 1. The molecule has 1 amide bonds. The molecule has 5 heteroatoms. The van der Waals surface area contributed by atoms with Crippen molar-refractivity contribution in [3.05, 3.63) is 24.3 Å². The Bertz CT molecular complexity index is 483. The third-order valence-corrected chi connectivity index (χ3v) is 3.70. The number of aliphatic carboxylic acids is 1. The highest BCUT2D eigenvalue weighted by Gasteiger charge is 2.35. The lowest BCUT2D eigenvalue weighted by Crippen LogP contribution is -2.32. The fourth-order valence-corrected chi connectivity index (χ4v) is 2.51. The maximum Gasteiger partial charge on any atom is 0.306 e. The molecule has 1 saturated carbocycles. The number of nitrogens with zero attached hydrogens (tertiary/aromatic N) is 1. The van der Waals surface area contributed by atoms with Gasteiger partial charge in [-0.2, -0.15) is 0 Å². The molecule has 0 spiro atoms. The smallest absolute Gasteiger partial charge is 0.306 e. The number of amides is 1. The molecular weight excluding hydrogens is 246 g/mol. The molecule has 1 aliphatic carbocycles. The molecule has 102 valence electrons. The topological polar surface area (TPSA) is 77.8 Å². The Morgan fingerprint density at radius 1 is 1.16 bits per heavy atom. The second-order valence-corrected chi connectivity index (χ2v) is 4.96. The van der Waals surface area contributed by atoms with E-state index in [1.807, 2.05) is 0 Å². The number of hydrogen-bond acceptors (Lipinski definition) is 3. The van der Waals surface area contributed by atoms with E-state index in [1.54, 1.807) is 19.2 Å². The Morgan fingerprint density at radius 2 is 1.74 bits per heavy atom. The zero-order valence-corrected chi connectivity index (χ0v) is 10.7. The van der Waals surface area contributed by atoms with Gasteiger partial charge in [-0.25, -0.2) is 0 Å². The van der Waals surface area contributed by atoms with Crippen molar-refractivity contribution < 1.29 is 19.8 Å². The van der Waals surface area contributed by atoms with E-state index in [1.165, 1.54) is 17.0 Å². The summed E-state index contributed by atoms with van der Waals surface area (Å²) in [5.41, 5.74) is 0.696. The van der Waals surface area contributed by atoms with Crippen molar-refractivity contribution in [3.63, 3.8) is 0 Å². The van der Waals surface area contributed by atoms with Crippen molar-refractivity contribution in [2.24, 2.45) is 11.8 Å². The molecule has 0 unspecified atom stereocenters. The van der Waals surface area contributed by atoms with Crippen molar-refractivity contribution in [1.82, 2.24) is 0 Å². The average molecular weight is 263 g/mol. The Balaban J connectivity index is 2.04. The molecule has 1 fully saturated rings. The van der Waals surface area contributed by atoms with E-state index in [9.17, 15) is 14.7 Å². The maximum absolute atomic E-state index is 12.3. The summed E-state index contributed by atoms with van der Waals surface area (Å²) in [6.07, 6.45) is 1.60. The first-order valence-electron chi connectivity index (χ1n) is 6.28. The lowest BCUT2D eigenvalue weighted by Gasteiger charge is -2.21. The van der Waals surface area contributed by atoms with Gasteiger partial charge >= 0.3 is 5.97 Å². The molecule has 1 aliphatic rings. The maximum atomic E-state index is 12.3. The van der Waals surface area contributed by atoms with E-state index in [0.29, 0.717) is 24.9 Å². The highest BCUT2D eigenvalue weighted by molar-refractivity contribution is 5.95. The molecule has 2 atom stereocenters. The quantitative estimate of drug-likeness (QED) is 0.872. The van der Waals surface area contributed by atoms with Crippen LogP contribution < -0.4 is 4.90 Å². The molecular formula is C14H17NO4. The predicted octanol–water partition coefficient (Wildman–Crippen LogP) is 1.86. The molecule has 0 aliphatic heterocycles. The van der Waals surface area contributed by atoms with E-state index >= 15 is 0 Å². The predicted molar refractivity (Wildman–Crippen MR) is 70.0 cm³/mol. The molecule has 0 heterocycles. The second-order valence-electron chi connectivity index (χ2n) is 4.96. The van der Waals surface area contributed by atoms with Crippen LogP contribution in [0.25, 0.3) is 0 Å². The summed E-state index contributed by atoms with van der Waals surface area (Å²) in [5.74, 6) is -1.35. The summed E-state index contributed by atoms with van der Waals surface area (Å²) < 4.78 is 0. The lowest BCUT2D eigenvalue weighted by atomic mass is 10.0. The molecule has 2 rings (SSSR count). The van der Waals surface area contributed by atoms with Crippen LogP contribution in [-0.2, 0) is 9.59 Å². The molecule has 19 heavy (non-hydrogen) atoms. The zero-order chi connectivity index (χ0) is 14.0. The summed E-state index contributed by atoms with van der Waals surface area (Å²) in [7, 11) is 1.67. The fourth-order valence-electron chi connectivity index (χ4n) is 2.51. The van der Waals surface area contributed by atoms with Crippen LogP contribution in [0.4, 0.5) is 5.69 Å². The van der Waals surface area contributed by atoms with Crippen molar-refractivity contribution in [3.8, 4) is 5.75 Å². The monoisotopic (exact) mass is 263 g/mol. The third kappa shape index (κ3) is 2.86. The number of rotatable bonds is 3. The highest BCUT2D eigenvalue weighted by Crippen LogP contribution is 2.33. The molecule has 0 aromatic heterocycles. The molecule has 2 N–H and O–H groups in total. The van der Waals surface area contributed by atoms with Gasteiger partial charge in [0.25, 0.3) is 0 Å². The molecule has 0 bridgehead atoms. The molecule has 1 aromatic carbocycles. The standard InChI is InChI=1S/C14H17NO4/c1-15(11-4-6-12(16)7-5-11)13(17)9-2-3-10(8-9)14(18)19/h4-7,9-10,16H,2-3,8H2,1H3,(H,18,19)/t9-,10+/m1/s1. The molecule has 1 aromatic rings. The first-order chi connectivity index (χ1) is 8.99. The lowest BCUT2D eigenvalue weighted by molar-refractivity contribution is -0.141. The minimum atomic E-state index is -0.817. The van der Waals surface area contributed by atoms with Crippen molar-refractivity contribution in [2.75, 3.05) is 11.9 Å². The number of anilines is 1. The third-order valence-electron chi connectivity index (χ3n) is 3.70. The van der Waals surface area contributed by atoms with Gasteiger partial charge in [0.2, 0.25) is 5.91 Å². The van der Waals surface area contributed by atoms with Gasteiger partial charge in [0.05, 0.1) is 5.92 Å². The number of phenols is 1. The summed E-state index contributed by atoms with van der Waals surface area (Å²) in [5, 5.41) is 18.2. The first-order valence-corrected chi connectivity index (χ1v) is 6.28. The zero-order valence-electron chi connectivity index (χ0n) is 10.7. The highest BCUT2D eigenvalue weighted by atomic mass is 16.4. The fraction of sp³-hybridized carbons (Fsp3) is 0.429. The number of carbonyl (C=O) groups is 2. The number of hydrogen-bond donors (Lipinski definition) is 2. The Kier molecular flexibility index (Phi) is 3.74. The summed E-state index contributed by atoms with van der Waals surface area (Å²) >= 11 is 0. The van der Waals surface area contributed by atoms with Gasteiger partial charge in [0.1, 0.15) is 5.75 Å². The van der Waals surface area contributed by atoms with Crippen LogP contribution >= 0.6 is 0 Å². The minimum absolute atomic E-state index is 0.0607. The van der Waals surface area contributed by atoms with Gasteiger partial charge in [-0.1, -0.05) is 0 Å². The van der Waals surface area contributed by atoms with Crippen molar-refractivity contribution >= 4 is 17.6 Å². The van der Waals surface area contributed by atoms with Gasteiger partial charge in [-0.15, -0.1) is 0 Å². The van der Waals surface area contributed by atoms with Crippen LogP contribution in [-0.4, -0.2) is 29.1 Å². The van der Waals surface area contributed by atoms with Gasteiger partial charge in [-0.05, 0) is 43.5 Å². The summed E-state index contributed by atoms with van der Waals surface area (Å²) in [6, 6.07) is 6.37. The molecule has 5 nitrogen and oxygen atoms in total. The Hall–Kier alpha value is -2.04. The number of benzene rings is 1. The van der Waals surface area contributed by atoms with E-state index in [4.69, 9.17) is 5.11 Å². The Morgan fingerprint density at radius 3 is 2.26 bits per heavy atom. The van der Waals surface area contributed by atoms with Crippen LogP contribution in [0.2, 0.25) is 0 Å². The van der Waals surface area contributed by atoms with Crippen molar-refractivity contribution in [1.29, 1.82) is 0 Å². The normalized spacial score (nSPS) is 22.2. The van der Waals surface area contributed by atoms with Gasteiger partial charge in [0.15, 0.2) is 0 Å². The van der Waals surface area contributed by atoms with Crippen LogP contribution in [0, 0.1) is 11.8 Å². The Labute approximate surface area is 111 Å². The van der Waals surface area contributed by atoms with Gasteiger partial charge in [0, 0.05) is 18.7 Å². The van der Waals surface area contributed by atoms with Crippen LogP contribution in [0.5, 0.6) is 5.75 Å². The van der Waals surface area contributed by atoms with E-state index in [0.717, 1.165) is 0 Å². The summed E-state index contributed by atoms with van der Waals surface area (Å²) in [6.45, 7) is 0. The SMILES string of the molecule is CN(C(=O)[C@@H]1CC[C@H](C(=O)O)C1)c1ccc(O)cc1. The first kappa shape index (κ1) is 13.4. The molecule has 0 saturated heterocycles. The largest absolute Gasteiger partial charge is 0.508 e. The van der Waals surface area contributed by atoms with E-state index < -0.39 is 11.9 Å². The van der Waals surface area contributed by atoms with Gasteiger partial charge < -0.3 is 15.1 Å². The minimum Gasteiger partial charge on any atom is -0.508 e. The van der Waals surface area contributed by atoms with E-state index in [-0.39, 0.29) is 17.6 Å². The van der Waals surface area contributed by atoms with Crippen LogP contribution in [0.15, 0.2) is 24.3 Å². The van der Waals surface area contributed by atoms with Crippen molar-refractivity contribution in [2.45, 2.75) is 19.3 Å².